The molecular weight excluding hydrogens is 326 g/mol. The van der Waals surface area contributed by atoms with Crippen LogP contribution in [0.15, 0.2) is 40.4 Å². The van der Waals surface area contributed by atoms with E-state index in [4.69, 9.17) is 0 Å². The summed E-state index contributed by atoms with van der Waals surface area (Å²) in [5.41, 5.74) is 2.42. The van der Waals surface area contributed by atoms with Gasteiger partial charge in [-0.05, 0) is 30.7 Å². The van der Waals surface area contributed by atoms with Gasteiger partial charge in [0.15, 0.2) is 4.96 Å². The van der Waals surface area contributed by atoms with Gasteiger partial charge >= 0.3 is 0 Å². The SMILES string of the molecule is Cc1cc(Br)ccc1NC(=O)c1csc2nccn12. The second-order valence-corrected chi connectivity index (χ2v) is 5.87. The molecule has 1 aromatic carbocycles. The number of thiazole rings is 1. The van der Waals surface area contributed by atoms with Gasteiger partial charge in [-0.25, -0.2) is 4.98 Å². The molecule has 0 unspecified atom stereocenters. The summed E-state index contributed by atoms with van der Waals surface area (Å²) in [6, 6.07) is 5.76. The number of hydrogen-bond acceptors (Lipinski definition) is 3. The summed E-state index contributed by atoms with van der Waals surface area (Å²) in [4.78, 5) is 17.2. The molecule has 0 saturated carbocycles. The predicted octanol–water partition coefficient (Wildman–Crippen LogP) is 3.72. The summed E-state index contributed by atoms with van der Waals surface area (Å²) >= 11 is 4.85. The molecule has 96 valence electrons. The zero-order valence-corrected chi connectivity index (χ0v) is 12.5. The summed E-state index contributed by atoms with van der Waals surface area (Å²) in [5, 5.41) is 4.73. The van der Waals surface area contributed by atoms with E-state index in [-0.39, 0.29) is 5.91 Å². The van der Waals surface area contributed by atoms with Crippen LogP contribution in [0.1, 0.15) is 16.1 Å². The molecule has 2 heterocycles. The quantitative estimate of drug-likeness (QED) is 0.775. The van der Waals surface area contributed by atoms with Crippen LogP contribution in [0.4, 0.5) is 5.69 Å². The molecule has 3 rings (SSSR count). The Hall–Kier alpha value is -1.66. The van der Waals surface area contributed by atoms with Gasteiger partial charge in [-0.2, -0.15) is 0 Å². The Kier molecular flexibility index (Phi) is 3.12. The zero-order valence-electron chi connectivity index (χ0n) is 10.1. The summed E-state index contributed by atoms with van der Waals surface area (Å²) in [6.07, 6.45) is 3.47. The van der Waals surface area contributed by atoms with Crippen molar-refractivity contribution in [3.05, 3.63) is 51.7 Å². The van der Waals surface area contributed by atoms with Crippen LogP contribution in [-0.4, -0.2) is 15.3 Å². The third-order valence-electron chi connectivity index (χ3n) is 2.81. The van der Waals surface area contributed by atoms with Crippen molar-refractivity contribution in [3.63, 3.8) is 0 Å². The van der Waals surface area contributed by atoms with E-state index in [9.17, 15) is 4.79 Å². The number of halogens is 1. The number of benzene rings is 1. The molecule has 0 spiro atoms. The Labute approximate surface area is 122 Å². The lowest BCUT2D eigenvalue weighted by Gasteiger charge is -2.08. The highest BCUT2D eigenvalue weighted by Gasteiger charge is 2.13. The summed E-state index contributed by atoms with van der Waals surface area (Å²) < 4.78 is 2.78. The number of nitrogens with one attached hydrogen (secondary N) is 1. The normalized spacial score (nSPS) is 10.8. The maximum Gasteiger partial charge on any atom is 0.273 e. The van der Waals surface area contributed by atoms with Crippen molar-refractivity contribution in [2.45, 2.75) is 6.92 Å². The molecule has 4 nitrogen and oxygen atoms in total. The van der Waals surface area contributed by atoms with E-state index in [1.165, 1.54) is 11.3 Å². The minimum Gasteiger partial charge on any atom is -0.320 e. The number of rotatable bonds is 2. The Bertz CT molecular complexity index is 762. The van der Waals surface area contributed by atoms with E-state index in [1.54, 1.807) is 16.8 Å². The molecule has 1 N–H and O–H groups in total. The Morgan fingerprint density at radius 3 is 3.11 bits per heavy atom. The van der Waals surface area contributed by atoms with Gasteiger partial charge in [0, 0.05) is 27.9 Å². The van der Waals surface area contributed by atoms with Gasteiger partial charge in [-0.3, -0.25) is 9.20 Å². The van der Waals surface area contributed by atoms with Crippen LogP contribution >= 0.6 is 27.3 Å². The molecular formula is C13H10BrN3OS. The Morgan fingerprint density at radius 1 is 1.47 bits per heavy atom. The molecule has 0 aliphatic heterocycles. The lowest BCUT2D eigenvalue weighted by Crippen LogP contribution is -2.14. The lowest BCUT2D eigenvalue weighted by molar-refractivity contribution is 0.102. The van der Waals surface area contributed by atoms with Gasteiger partial charge in [0.25, 0.3) is 5.91 Å². The van der Waals surface area contributed by atoms with Crippen LogP contribution in [0, 0.1) is 6.92 Å². The van der Waals surface area contributed by atoms with Crippen molar-refractivity contribution in [1.82, 2.24) is 9.38 Å². The summed E-state index contributed by atoms with van der Waals surface area (Å²) in [5.74, 6) is -0.130. The molecule has 2 aromatic heterocycles. The number of aryl methyl sites for hydroxylation is 1. The molecule has 19 heavy (non-hydrogen) atoms. The number of amides is 1. The first-order valence-corrected chi connectivity index (χ1v) is 7.30. The maximum atomic E-state index is 12.3. The fraction of sp³-hybridized carbons (Fsp3) is 0.0769. The Balaban J connectivity index is 1.91. The number of carbonyl (C=O) groups excluding carboxylic acids is 1. The molecule has 0 bridgehead atoms. The number of anilines is 1. The molecule has 3 aromatic rings. The van der Waals surface area contributed by atoms with Crippen LogP contribution < -0.4 is 5.32 Å². The number of nitrogens with zero attached hydrogens (tertiary/aromatic N) is 2. The second kappa shape index (κ2) is 4.79. The average Bonchev–Trinajstić information content (AvgIpc) is 2.94. The first-order chi connectivity index (χ1) is 9.15. The standard InChI is InChI=1S/C13H10BrN3OS/c1-8-6-9(14)2-3-10(8)16-12(18)11-7-19-13-15-4-5-17(11)13/h2-7H,1H3,(H,16,18). The van der Waals surface area contributed by atoms with Crippen molar-refractivity contribution < 1.29 is 4.79 Å². The first-order valence-electron chi connectivity index (χ1n) is 5.63. The van der Waals surface area contributed by atoms with E-state index in [0.717, 1.165) is 20.7 Å². The number of hydrogen-bond donors (Lipinski definition) is 1. The number of carbonyl (C=O) groups is 1. The lowest BCUT2D eigenvalue weighted by atomic mass is 10.2. The van der Waals surface area contributed by atoms with E-state index in [0.29, 0.717) is 5.69 Å². The molecule has 0 radical (unpaired) electrons. The zero-order chi connectivity index (χ0) is 13.4. The van der Waals surface area contributed by atoms with Gasteiger partial charge in [-0.1, -0.05) is 15.9 Å². The van der Waals surface area contributed by atoms with Crippen LogP contribution in [0.2, 0.25) is 0 Å². The van der Waals surface area contributed by atoms with Crippen molar-refractivity contribution >= 4 is 43.8 Å². The summed E-state index contributed by atoms with van der Waals surface area (Å²) in [6.45, 7) is 1.96. The number of fused-ring (bicyclic) bond motifs is 1. The van der Waals surface area contributed by atoms with Crippen molar-refractivity contribution in [3.8, 4) is 0 Å². The van der Waals surface area contributed by atoms with Gasteiger partial charge in [0.05, 0.1) is 0 Å². The Morgan fingerprint density at radius 2 is 2.32 bits per heavy atom. The number of aromatic nitrogens is 2. The van der Waals surface area contributed by atoms with E-state index < -0.39 is 0 Å². The highest BCUT2D eigenvalue weighted by Crippen LogP contribution is 2.21. The smallest absolute Gasteiger partial charge is 0.273 e. The fourth-order valence-electron chi connectivity index (χ4n) is 1.84. The molecule has 6 heteroatoms. The largest absolute Gasteiger partial charge is 0.320 e. The molecule has 0 aliphatic carbocycles. The fourth-order valence-corrected chi connectivity index (χ4v) is 3.15. The van der Waals surface area contributed by atoms with Crippen molar-refractivity contribution in [2.24, 2.45) is 0 Å². The maximum absolute atomic E-state index is 12.3. The minimum absolute atomic E-state index is 0.130. The molecule has 0 atom stereocenters. The van der Waals surface area contributed by atoms with Gasteiger partial charge in [-0.15, -0.1) is 11.3 Å². The van der Waals surface area contributed by atoms with Gasteiger partial charge in [0.1, 0.15) is 5.69 Å². The molecule has 0 fully saturated rings. The van der Waals surface area contributed by atoms with E-state index in [1.807, 2.05) is 30.5 Å². The van der Waals surface area contributed by atoms with Crippen LogP contribution in [0.3, 0.4) is 0 Å². The molecule has 0 aliphatic rings. The van der Waals surface area contributed by atoms with Crippen LogP contribution in [0.25, 0.3) is 4.96 Å². The molecule has 1 amide bonds. The third kappa shape index (κ3) is 2.29. The van der Waals surface area contributed by atoms with Crippen LogP contribution in [0.5, 0.6) is 0 Å². The van der Waals surface area contributed by atoms with Crippen LogP contribution in [-0.2, 0) is 0 Å². The van der Waals surface area contributed by atoms with E-state index in [2.05, 4.69) is 26.2 Å². The second-order valence-electron chi connectivity index (χ2n) is 4.11. The van der Waals surface area contributed by atoms with Crippen molar-refractivity contribution in [2.75, 3.05) is 5.32 Å². The third-order valence-corrected chi connectivity index (χ3v) is 4.16. The molecule has 0 saturated heterocycles. The average molecular weight is 336 g/mol. The van der Waals surface area contributed by atoms with E-state index >= 15 is 0 Å². The van der Waals surface area contributed by atoms with Gasteiger partial charge < -0.3 is 5.32 Å². The minimum atomic E-state index is -0.130. The summed E-state index contributed by atoms with van der Waals surface area (Å²) in [7, 11) is 0. The topological polar surface area (TPSA) is 46.4 Å². The highest BCUT2D eigenvalue weighted by atomic mass is 79.9. The highest BCUT2D eigenvalue weighted by molar-refractivity contribution is 9.10. The predicted molar refractivity (Wildman–Crippen MR) is 79.9 cm³/mol. The monoisotopic (exact) mass is 335 g/mol. The first kappa shape index (κ1) is 12.4. The number of imidazole rings is 1. The van der Waals surface area contributed by atoms with Gasteiger partial charge in [0.2, 0.25) is 0 Å². The van der Waals surface area contributed by atoms with Crippen molar-refractivity contribution in [1.29, 1.82) is 0 Å².